The van der Waals surface area contributed by atoms with Crippen molar-refractivity contribution in [3.05, 3.63) is 34.9 Å². The molecule has 2 rings (SSSR count). The van der Waals surface area contributed by atoms with Gasteiger partial charge in [-0.15, -0.1) is 0 Å². The normalized spacial score (nSPS) is 17.9. The number of benzene rings is 1. The summed E-state index contributed by atoms with van der Waals surface area (Å²) in [5.41, 5.74) is 0.992. The Hall–Kier alpha value is -1.10. The van der Waals surface area contributed by atoms with Gasteiger partial charge in [0.05, 0.1) is 13.0 Å². The summed E-state index contributed by atoms with van der Waals surface area (Å²) >= 11 is 5.87. The predicted molar refractivity (Wildman–Crippen MR) is 84.6 cm³/mol. The van der Waals surface area contributed by atoms with E-state index in [0.717, 1.165) is 25.1 Å². The molecule has 5 heteroatoms. The summed E-state index contributed by atoms with van der Waals surface area (Å²) in [5.74, 6) is 0.142. The van der Waals surface area contributed by atoms with Crippen molar-refractivity contribution >= 4 is 17.5 Å². The van der Waals surface area contributed by atoms with Gasteiger partial charge in [-0.2, -0.15) is 0 Å². The highest BCUT2D eigenvalue weighted by atomic mass is 35.5. The van der Waals surface area contributed by atoms with Crippen molar-refractivity contribution < 1.29 is 9.53 Å². The molecule has 4 nitrogen and oxygen atoms in total. The first kappa shape index (κ1) is 16.3. The number of nitrogens with one attached hydrogen (secondary N) is 1. The van der Waals surface area contributed by atoms with Crippen molar-refractivity contribution in [3.63, 3.8) is 0 Å². The highest BCUT2D eigenvalue weighted by molar-refractivity contribution is 6.30. The van der Waals surface area contributed by atoms with Gasteiger partial charge in [0, 0.05) is 31.3 Å². The second kappa shape index (κ2) is 8.37. The maximum absolute atomic E-state index is 12.5. The lowest BCUT2D eigenvalue weighted by atomic mass is 10.1. The third kappa shape index (κ3) is 5.30. The Morgan fingerprint density at radius 2 is 2.19 bits per heavy atom. The first-order valence-electron chi connectivity index (χ1n) is 7.43. The minimum absolute atomic E-state index is 0.142. The van der Waals surface area contributed by atoms with Gasteiger partial charge in [0.1, 0.15) is 0 Å². The molecule has 1 fully saturated rings. The van der Waals surface area contributed by atoms with Gasteiger partial charge in [-0.3, -0.25) is 4.79 Å². The quantitative estimate of drug-likeness (QED) is 0.838. The van der Waals surface area contributed by atoms with Crippen LogP contribution < -0.4 is 5.32 Å². The van der Waals surface area contributed by atoms with Gasteiger partial charge in [0.15, 0.2) is 0 Å². The monoisotopic (exact) mass is 310 g/mol. The lowest BCUT2D eigenvalue weighted by Crippen LogP contribution is -2.43. The van der Waals surface area contributed by atoms with Crippen LogP contribution in [0.3, 0.4) is 0 Å². The number of methoxy groups -OCH3 is 1. The number of hydrogen-bond acceptors (Lipinski definition) is 3. The van der Waals surface area contributed by atoms with Gasteiger partial charge in [-0.05, 0) is 37.1 Å². The highest BCUT2D eigenvalue weighted by Gasteiger charge is 2.21. The van der Waals surface area contributed by atoms with Crippen LogP contribution in [0.5, 0.6) is 0 Å². The summed E-state index contributed by atoms with van der Waals surface area (Å²) in [6, 6.07) is 7.87. The molecule has 1 atom stereocenters. The van der Waals surface area contributed by atoms with E-state index in [2.05, 4.69) is 5.32 Å². The molecule has 1 aliphatic heterocycles. The molecular weight excluding hydrogens is 288 g/mol. The Morgan fingerprint density at radius 1 is 1.43 bits per heavy atom. The largest absolute Gasteiger partial charge is 0.383 e. The summed E-state index contributed by atoms with van der Waals surface area (Å²) in [6.45, 7) is 3.02. The zero-order valence-electron chi connectivity index (χ0n) is 12.5. The Labute approximate surface area is 131 Å². The summed E-state index contributed by atoms with van der Waals surface area (Å²) in [6.07, 6.45) is 2.74. The molecule has 0 aliphatic carbocycles. The van der Waals surface area contributed by atoms with E-state index in [4.69, 9.17) is 16.3 Å². The molecule has 116 valence electrons. The molecular formula is C16H23ClN2O2. The summed E-state index contributed by atoms with van der Waals surface area (Å²) in [4.78, 5) is 14.4. The molecule has 1 N–H and O–H groups in total. The molecule has 21 heavy (non-hydrogen) atoms. The van der Waals surface area contributed by atoms with Crippen molar-refractivity contribution in [1.82, 2.24) is 10.2 Å². The topological polar surface area (TPSA) is 41.6 Å². The Morgan fingerprint density at radius 3 is 2.81 bits per heavy atom. The second-order valence-electron chi connectivity index (χ2n) is 5.43. The lowest BCUT2D eigenvalue weighted by molar-refractivity contribution is -0.131. The fourth-order valence-corrected chi connectivity index (χ4v) is 2.71. The van der Waals surface area contributed by atoms with E-state index < -0.39 is 0 Å². The number of amides is 1. The minimum atomic E-state index is 0.142. The van der Waals surface area contributed by atoms with E-state index in [0.29, 0.717) is 30.6 Å². The number of halogens is 1. The molecule has 1 aromatic carbocycles. The van der Waals surface area contributed by atoms with Crippen LogP contribution in [0.2, 0.25) is 5.02 Å². The van der Waals surface area contributed by atoms with Crippen LogP contribution >= 0.6 is 11.6 Å². The van der Waals surface area contributed by atoms with E-state index in [1.54, 1.807) is 7.11 Å². The van der Waals surface area contributed by atoms with E-state index in [1.165, 1.54) is 6.42 Å². The second-order valence-corrected chi connectivity index (χ2v) is 5.87. The summed E-state index contributed by atoms with van der Waals surface area (Å²) in [7, 11) is 1.66. The molecule has 1 amide bonds. The first-order valence-corrected chi connectivity index (χ1v) is 7.81. The van der Waals surface area contributed by atoms with Crippen molar-refractivity contribution in [2.75, 3.05) is 33.4 Å². The molecule has 0 spiro atoms. The number of carbonyl (C=O) groups excluding carboxylic acids is 1. The molecule has 1 unspecified atom stereocenters. The van der Waals surface area contributed by atoms with Gasteiger partial charge in [-0.1, -0.05) is 23.7 Å². The first-order chi connectivity index (χ1) is 10.2. The molecule has 1 aliphatic rings. The van der Waals surface area contributed by atoms with E-state index in [-0.39, 0.29) is 5.91 Å². The molecule has 1 heterocycles. The third-order valence-corrected chi connectivity index (χ3v) is 4.04. The predicted octanol–water partition coefficient (Wildman–Crippen LogP) is 2.11. The highest BCUT2D eigenvalue weighted by Crippen LogP contribution is 2.12. The number of carbonyl (C=O) groups is 1. The van der Waals surface area contributed by atoms with Gasteiger partial charge in [0.25, 0.3) is 0 Å². The van der Waals surface area contributed by atoms with E-state index in [9.17, 15) is 4.79 Å². The standard InChI is InChI=1S/C16H23ClN2O2/c1-21-10-9-19(12-15-3-2-8-18-15)16(20)11-13-4-6-14(17)7-5-13/h4-7,15,18H,2-3,8-12H2,1H3. The number of rotatable bonds is 7. The summed E-state index contributed by atoms with van der Waals surface area (Å²) < 4.78 is 5.12. The average molecular weight is 311 g/mol. The maximum atomic E-state index is 12.5. The number of nitrogens with zero attached hydrogens (tertiary/aromatic N) is 1. The van der Waals surface area contributed by atoms with Crippen LogP contribution in [0, 0.1) is 0 Å². The van der Waals surface area contributed by atoms with Gasteiger partial charge in [0.2, 0.25) is 5.91 Å². The maximum Gasteiger partial charge on any atom is 0.227 e. The van der Waals surface area contributed by atoms with Crippen LogP contribution in [-0.2, 0) is 16.0 Å². The number of ether oxygens (including phenoxy) is 1. The number of hydrogen-bond donors (Lipinski definition) is 1. The smallest absolute Gasteiger partial charge is 0.227 e. The molecule has 0 aromatic heterocycles. The summed E-state index contributed by atoms with van der Waals surface area (Å²) in [5, 5.41) is 4.13. The van der Waals surface area contributed by atoms with Gasteiger partial charge in [-0.25, -0.2) is 0 Å². The van der Waals surface area contributed by atoms with Crippen LogP contribution in [0.15, 0.2) is 24.3 Å². The lowest BCUT2D eigenvalue weighted by Gasteiger charge is -2.26. The molecule has 0 radical (unpaired) electrons. The Balaban J connectivity index is 1.93. The fraction of sp³-hybridized carbons (Fsp3) is 0.562. The molecule has 0 bridgehead atoms. The van der Waals surface area contributed by atoms with Gasteiger partial charge < -0.3 is 15.0 Å². The SMILES string of the molecule is COCCN(CC1CCCN1)C(=O)Cc1ccc(Cl)cc1. The van der Waals surface area contributed by atoms with Crippen LogP contribution in [0.4, 0.5) is 0 Å². The molecule has 1 saturated heterocycles. The van der Waals surface area contributed by atoms with Crippen molar-refractivity contribution in [2.24, 2.45) is 0 Å². The van der Waals surface area contributed by atoms with Crippen LogP contribution in [0.1, 0.15) is 18.4 Å². The van der Waals surface area contributed by atoms with Crippen molar-refractivity contribution in [1.29, 1.82) is 0 Å². The molecule has 0 saturated carbocycles. The average Bonchev–Trinajstić information content (AvgIpc) is 2.98. The third-order valence-electron chi connectivity index (χ3n) is 3.79. The molecule has 1 aromatic rings. The zero-order valence-corrected chi connectivity index (χ0v) is 13.2. The Kier molecular flexibility index (Phi) is 6.49. The van der Waals surface area contributed by atoms with Crippen molar-refractivity contribution in [2.45, 2.75) is 25.3 Å². The van der Waals surface area contributed by atoms with E-state index >= 15 is 0 Å². The van der Waals surface area contributed by atoms with Crippen molar-refractivity contribution in [3.8, 4) is 0 Å². The fourth-order valence-electron chi connectivity index (χ4n) is 2.59. The zero-order chi connectivity index (χ0) is 15.1. The minimum Gasteiger partial charge on any atom is -0.383 e. The Bertz CT molecular complexity index is 444. The van der Waals surface area contributed by atoms with E-state index in [1.807, 2.05) is 29.2 Å². The van der Waals surface area contributed by atoms with Crippen LogP contribution in [-0.4, -0.2) is 50.2 Å². The van der Waals surface area contributed by atoms with Crippen LogP contribution in [0.25, 0.3) is 0 Å². The van der Waals surface area contributed by atoms with Gasteiger partial charge >= 0.3 is 0 Å².